The molecule has 0 N–H and O–H groups in total. The van der Waals surface area contributed by atoms with Gasteiger partial charge in [-0.25, -0.2) is 4.39 Å². The third kappa shape index (κ3) is 5.39. The third-order valence-corrected chi connectivity index (χ3v) is 5.60. The van der Waals surface area contributed by atoms with E-state index in [1.165, 1.54) is 17.7 Å². The van der Waals surface area contributed by atoms with Gasteiger partial charge in [-0.05, 0) is 59.5 Å². The first-order valence-electron chi connectivity index (χ1n) is 9.11. The average Bonchev–Trinajstić information content (AvgIpc) is 2.66. The van der Waals surface area contributed by atoms with Crippen LogP contribution in [0.3, 0.4) is 0 Å². The molecule has 0 aliphatic carbocycles. The summed E-state index contributed by atoms with van der Waals surface area (Å²) < 4.78 is 78.1. The molecule has 0 radical (unpaired) electrons. The van der Waals surface area contributed by atoms with Crippen molar-refractivity contribution in [1.29, 1.82) is 0 Å². The number of halogens is 6. The molecule has 0 heterocycles. The van der Waals surface area contributed by atoms with Crippen LogP contribution in [0.2, 0.25) is 0 Å². The first kappa shape index (κ1) is 21.8. The molecule has 7 heteroatoms. The molecule has 0 nitrogen and oxygen atoms in total. The maximum absolute atomic E-state index is 14.4. The van der Waals surface area contributed by atoms with Gasteiger partial charge >= 0.3 is 10.2 Å². The van der Waals surface area contributed by atoms with E-state index < -0.39 is 20.9 Å². The lowest BCUT2D eigenvalue weighted by Crippen LogP contribution is -2.05. The van der Waals surface area contributed by atoms with Crippen LogP contribution in [0.15, 0.2) is 71.6 Å². The Balaban J connectivity index is 1.81. The predicted octanol–water partition coefficient (Wildman–Crippen LogP) is 8.50. The van der Waals surface area contributed by atoms with Gasteiger partial charge in [-0.2, -0.15) is 0 Å². The van der Waals surface area contributed by atoms with E-state index in [0.29, 0.717) is 5.56 Å². The Labute approximate surface area is 171 Å². The lowest BCUT2D eigenvalue weighted by atomic mass is 10.0. The van der Waals surface area contributed by atoms with Gasteiger partial charge in [0.1, 0.15) is 10.7 Å². The molecule has 3 aromatic rings. The van der Waals surface area contributed by atoms with Crippen molar-refractivity contribution in [2.75, 3.05) is 0 Å². The Morgan fingerprint density at radius 2 is 1.33 bits per heavy atom. The molecule has 0 bridgehead atoms. The summed E-state index contributed by atoms with van der Waals surface area (Å²) >= 11 is 0. The average molecular weight is 440 g/mol. The van der Waals surface area contributed by atoms with Crippen molar-refractivity contribution in [3.63, 3.8) is 0 Å². The van der Waals surface area contributed by atoms with Crippen molar-refractivity contribution in [2.24, 2.45) is 0 Å². The fraction of sp³-hybridized carbons (Fsp3) is 0.130. The van der Waals surface area contributed by atoms with Crippen molar-refractivity contribution in [3.05, 3.63) is 89.2 Å². The molecule has 0 saturated carbocycles. The number of hydrogen-bond donors (Lipinski definition) is 0. The van der Waals surface area contributed by atoms with Gasteiger partial charge in [0, 0.05) is 5.56 Å². The van der Waals surface area contributed by atoms with Gasteiger partial charge in [-0.1, -0.05) is 74.9 Å². The molecule has 0 atom stereocenters. The highest BCUT2D eigenvalue weighted by Crippen LogP contribution is 3.02. The summed E-state index contributed by atoms with van der Waals surface area (Å²) in [4.78, 5) is -1.99. The monoisotopic (exact) mass is 440 g/mol. The molecule has 0 aromatic heterocycles. The molecule has 3 rings (SSSR count). The Kier molecular flexibility index (Phi) is 5.20. The summed E-state index contributed by atoms with van der Waals surface area (Å²) in [5.74, 6) is 4.44. The van der Waals surface area contributed by atoms with Gasteiger partial charge < -0.3 is 0 Å². The minimum absolute atomic E-state index is 0.0538. The Hall–Kier alpha value is -2.85. The lowest BCUT2D eigenvalue weighted by molar-refractivity contribution is 0.364. The molecule has 3 aromatic carbocycles. The molecule has 0 spiro atoms. The smallest absolute Gasteiger partial charge is 0.206 e. The van der Waals surface area contributed by atoms with Gasteiger partial charge in [-0.3, -0.25) is 0 Å². The molecule has 0 fully saturated rings. The van der Waals surface area contributed by atoms with E-state index in [4.69, 9.17) is 0 Å². The van der Waals surface area contributed by atoms with Crippen LogP contribution in [0.1, 0.15) is 30.0 Å². The third-order valence-electron chi connectivity index (χ3n) is 4.44. The Bertz CT molecular complexity index is 1120. The zero-order chi connectivity index (χ0) is 22.1. The molecule has 158 valence electrons. The maximum atomic E-state index is 14.4. The number of aryl methyl sites for hydroxylation is 1. The van der Waals surface area contributed by atoms with Gasteiger partial charge in [0.15, 0.2) is 0 Å². The molecular formula is C23H18F6S. The molecule has 0 amide bonds. The number of benzene rings is 3. The van der Waals surface area contributed by atoms with Gasteiger partial charge in [0.2, 0.25) is 0 Å². The molecule has 0 aliphatic rings. The molecular weight excluding hydrogens is 422 g/mol. The minimum atomic E-state index is -9.71. The summed E-state index contributed by atoms with van der Waals surface area (Å²) in [5.41, 5.74) is 2.83. The second-order valence-corrected chi connectivity index (χ2v) is 9.29. The van der Waals surface area contributed by atoms with Crippen LogP contribution in [-0.4, -0.2) is 0 Å². The second kappa shape index (κ2) is 7.13. The largest absolute Gasteiger partial charge is 0.310 e. The topological polar surface area (TPSA) is 0 Å². The van der Waals surface area contributed by atoms with Crippen LogP contribution >= 0.6 is 10.2 Å². The zero-order valence-electron chi connectivity index (χ0n) is 15.9. The molecule has 0 unspecified atom stereocenters. The van der Waals surface area contributed by atoms with Crippen molar-refractivity contribution in [3.8, 4) is 23.0 Å². The number of hydrogen-bond acceptors (Lipinski definition) is 0. The van der Waals surface area contributed by atoms with Gasteiger partial charge in [-0.15, -0.1) is 0 Å². The van der Waals surface area contributed by atoms with E-state index in [-0.39, 0.29) is 23.3 Å². The Morgan fingerprint density at radius 3 is 1.87 bits per heavy atom. The van der Waals surface area contributed by atoms with E-state index >= 15 is 0 Å². The highest BCUT2D eigenvalue weighted by atomic mass is 32.5. The predicted molar refractivity (Wildman–Crippen MR) is 110 cm³/mol. The summed E-state index contributed by atoms with van der Waals surface area (Å²) in [5, 5.41) is 0. The van der Waals surface area contributed by atoms with E-state index in [9.17, 15) is 23.8 Å². The van der Waals surface area contributed by atoms with E-state index in [2.05, 4.69) is 18.8 Å². The first-order chi connectivity index (χ1) is 13.9. The van der Waals surface area contributed by atoms with Crippen molar-refractivity contribution < 1.29 is 23.8 Å². The highest BCUT2D eigenvalue weighted by Gasteiger charge is 2.65. The van der Waals surface area contributed by atoms with Gasteiger partial charge in [0.25, 0.3) is 0 Å². The maximum Gasteiger partial charge on any atom is 0.310 e. The van der Waals surface area contributed by atoms with Crippen LogP contribution in [0.4, 0.5) is 23.8 Å². The Morgan fingerprint density at radius 1 is 0.733 bits per heavy atom. The fourth-order valence-corrected chi connectivity index (χ4v) is 3.53. The highest BCUT2D eigenvalue weighted by molar-refractivity contribution is 8.45. The standard InChI is InChI=1S/C23H18F6S/c1-2-3-17-4-9-19(10-5-17)21-13-12-20(23(24)16-21)11-6-18-7-14-22(15-8-18)30(25,26,27,28)29/h4-5,7-10,12-16H,2-3H2,1H3. The first-order valence-corrected chi connectivity index (χ1v) is 11.1. The summed E-state index contributed by atoms with van der Waals surface area (Å²) in [6.45, 7) is 2.09. The SMILES string of the molecule is CCCc1ccc(-c2ccc(C#Cc3ccc(S(F)(F)(F)(F)F)cc3)c(F)c2)cc1. The molecule has 30 heavy (non-hydrogen) atoms. The quantitative estimate of drug-likeness (QED) is 0.282. The van der Waals surface area contributed by atoms with E-state index in [1.54, 1.807) is 6.07 Å². The van der Waals surface area contributed by atoms with Crippen LogP contribution in [0, 0.1) is 17.7 Å². The van der Waals surface area contributed by atoms with Crippen LogP contribution in [0.25, 0.3) is 11.1 Å². The van der Waals surface area contributed by atoms with E-state index in [1.807, 2.05) is 24.3 Å². The van der Waals surface area contributed by atoms with Gasteiger partial charge in [0.05, 0.1) is 5.56 Å². The molecule has 0 saturated heterocycles. The van der Waals surface area contributed by atoms with Crippen LogP contribution in [0.5, 0.6) is 0 Å². The summed E-state index contributed by atoms with van der Waals surface area (Å²) in [7, 11) is -9.71. The van der Waals surface area contributed by atoms with E-state index in [0.717, 1.165) is 30.5 Å². The van der Waals surface area contributed by atoms with Crippen LogP contribution < -0.4 is 0 Å². The second-order valence-electron chi connectivity index (χ2n) is 6.88. The minimum Gasteiger partial charge on any atom is -0.206 e. The van der Waals surface area contributed by atoms with Crippen LogP contribution in [-0.2, 0) is 6.42 Å². The summed E-state index contributed by atoms with van der Waals surface area (Å²) in [6, 6.07) is 14.5. The zero-order valence-corrected chi connectivity index (χ0v) is 16.8. The summed E-state index contributed by atoms with van der Waals surface area (Å²) in [6.07, 6.45) is 2.00. The fourth-order valence-electron chi connectivity index (χ4n) is 2.88. The number of rotatable bonds is 4. The normalized spacial score (nSPS) is 13.7. The van der Waals surface area contributed by atoms with Crippen molar-refractivity contribution in [1.82, 2.24) is 0 Å². The van der Waals surface area contributed by atoms with Crippen molar-refractivity contribution >= 4 is 10.2 Å². The molecule has 0 aliphatic heterocycles. The van der Waals surface area contributed by atoms with Crippen molar-refractivity contribution in [2.45, 2.75) is 24.7 Å². The lowest BCUT2D eigenvalue weighted by Gasteiger charge is -2.40.